The first-order valence-corrected chi connectivity index (χ1v) is 7.64. The first-order chi connectivity index (χ1) is 8.68. The lowest BCUT2D eigenvalue weighted by Gasteiger charge is -2.33. The summed E-state index contributed by atoms with van der Waals surface area (Å²) in [7, 11) is 0. The molecule has 98 valence electrons. The van der Waals surface area contributed by atoms with E-state index < -0.39 is 0 Å². The molecule has 1 amide bonds. The molecule has 1 aromatic heterocycles. The zero-order valence-corrected chi connectivity index (χ0v) is 11.7. The molecule has 0 aromatic carbocycles. The van der Waals surface area contributed by atoms with Crippen molar-refractivity contribution >= 4 is 17.2 Å². The summed E-state index contributed by atoms with van der Waals surface area (Å²) in [5.74, 6) is 1.60. The fraction of sp³-hybridized carbons (Fsp3) is 0.643. The second-order valence-electron chi connectivity index (χ2n) is 5.58. The van der Waals surface area contributed by atoms with Crippen molar-refractivity contribution in [1.29, 1.82) is 0 Å². The second kappa shape index (κ2) is 4.67. The van der Waals surface area contributed by atoms with Gasteiger partial charge in [0.1, 0.15) is 6.17 Å². The SMILES string of the molecule is CC1CCC(N2C(=O)CNC2c2cccs2)C1C. The van der Waals surface area contributed by atoms with E-state index in [0.29, 0.717) is 18.5 Å². The van der Waals surface area contributed by atoms with Crippen molar-refractivity contribution in [3.8, 4) is 0 Å². The Morgan fingerprint density at radius 2 is 2.22 bits per heavy atom. The van der Waals surface area contributed by atoms with Crippen molar-refractivity contribution in [2.45, 2.75) is 38.9 Å². The molecule has 1 aliphatic carbocycles. The number of amides is 1. The van der Waals surface area contributed by atoms with Crippen LogP contribution in [0, 0.1) is 11.8 Å². The number of rotatable bonds is 2. The summed E-state index contributed by atoms with van der Waals surface area (Å²) >= 11 is 1.73. The van der Waals surface area contributed by atoms with Gasteiger partial charge in [0.15, 0.2) is 0 Å². The van der Waals surface area contributed by atoms with Crippen LogP contribution < -0.4 is 5.32 Å². The molecule has 4 heteroatoms. The van der Waals surface area contributed by atoms with E-state index in [2.05, 4.69) is 41.6 Å². The lowest BCUT2D eigenvalue weighted by Crippen LogP contribution is -2.41. The molecule has 1 aromatic rings. The zero-order valence-electron chi connectivity index (χ0n) is 10.9. The summed E-state index contributed by atoms with van der Waals surface area (Å²) in [5, 5.41) is 5.44. The van der Waals surface area contributed by atoms with Crippen LogP contribution >= 0.6 is 11.3 Å². The standard InChI is InChI=1S/C14H20N2OS/c1-9-5-6-11(10(9)2)16-13(17)8-15-14(16)12-4-3-7-18-12/h3-4,7,9-11,14-15H,5-6,8H2,1-2H3. The Morgan fingerprint density at radius 3 is 2.83 bits per heavy atom. The van der Waals surface area contributed by atoms with Crippen LogP contribution in [-0.2, 0) is 4.79 Å². The minimum Gasteiger partial charge on any atom is -0.318 e. The number of nitrogens with zero attached hydrogens (tertiary/aromatic N) is 1. The zero-order chi connectivity index (χ0) is 12.7. The maximum Gasteiger partial charge on any atom is 0.238 e. The first kappa shape index (κ1) is 12.2. The van der Waals surface area contributed by atoms with Gasteiger partial charge in [-0.25, -0.2) is 0 Å². The van der Waals surface area contributed by atoms with Crippen LogP contribution in [-0.4, -0.2) is 23.4 Å². The highest BCUT2D eigenvalue weighted by molar-refractivity contribution is 7.10. The summed E-state index contributed by atoms with van der Waals surface area (Å²) in [6.45, 7) is 5.08. The predicted octanol–water partition coefficient (Wildman–Crippen LogP) is 2.61. The van der Waals surface area contributed by atoms with Gasteiger partial charge in [0.05, 0.1) is 6.54 Å². The quantitative estimate of drug-likeness (QED) is 0.890. The van der Waals surface area contributed by atoms with Gasteiger partial charge in [-0.3, -0.25) is 10.1 Å². The third-order valence-electron chi connectivity index (χ3n) is 4.61. The number of carbonyl (C=O) groups is 1. The molecule has 4 atom stereocenters. The van der Waals surface area contributed by atoms with Crippen molar-refractivity contribution in [2.24, 2.45) is 11.8 Å². The maximum atomic E-state index is 12.2. The summed E-state index contributed by atoms with van der Waals surface area (Å²) < 4.78 is 0. The molecular formula is C14H20N2OS. The number of hydrogen-bond acceptors (Lipinski definition) is 3. The van der Waals surface area contributed by atoms with E-state index in [4.69, 9.17) is 0 Å². The van der Waals surface area contributed by atoms with E-state index in [1.165, 1.54) is 11.3 Å². The summed E-state index contributed by atoms with van der Waals surface area (Å²) in [4.78, 5) is 15.6. The molecule has 2 fully saturated rings. The van der Waals surface area contributed by atoms with Crippen LogP contribution in [0.25, 0.3) is 0 Å². The highest BCUT2D eigenvalue weighted by atomic mass is 32.1. The van der Waals surface area contributed by atoms with Gasteiger partial charge in [-0.1, -0.05) is 19.9 Å². The monoisotopic (exact) mass is 264 g/mol. The largest absolute Gasteiger partial charge is 0.318 e. The Balaban J connectivity index is 1.86. The van der Waals surface area contributed by atoms with Crippen molar-refractivity contribution in [2.75, 3.05) is 6.54 Å². The number of thiophene rings is 1. The Morgan fingerprint density at radius 1 is 1.39 bits per heavy atom. The van der Waals surface area contributed by atoms with E-state index in [-0.39, 0.29) is 12.1 Å². The molecule has 0 bridgehead atoms. The van der Waals surface area contributed by atoms with Crippen LogP contribution in [0.5, 0.6) is 0 Å². The number of hydrogen-bond donors (Lipinski definition) is 1. The van der Waals surface area contributed by atoms with Crippen molar-refractivity contribution in [3.05, 3.63) is 22.4 Å². The van der Waals surface area contributed by atoms with Gasteiger partial charge in [0, 0.05) is 10.9 Å². The van der Waals surface area contributed by atoms with E-state index in [1.807, 2.05) is 0 Å². The average Bonchev–Trinajstić information content (AvgIpc) is 3.03. The fourth-order valence-electron chi connectivity index (χ4n) is 3.31. The third kappa shape index (κ3) is 1.88. The van der Waals surface area contributed by atoms with Crippen molar-refractivity contribution < 1.29 is 4.79 Å². The third-order valence-corrected chi connectivity index (χ3v) is 5.53. The average molecular weight is 264 g/mol. The molecule has 0 radical (unpaired) electrons. The molecule has 3 nitrogen and oxygen atoms in total. The minimum absolute atomic E-state index is 0.107. The molecule has 3 rings (SSSR count). The molecular weight excluding hydrogens is 244 g/mol. The van der Waals surface area contributed by atoms with Crippen molar-refractivity contribution in [3.63, 3.8) is 0 Å². The van der Waals surface area contributed by atoms with Gasteiger partial charge < -0.3 is 4.90 Å². The molecule has 2 aliphatic rings. The molecule has 1 aliphatic heterocycles. The van der Waals surface area contributed by atoms with Crippen LogP contribution in [0.15, 0.2) is 17.5 Å². The van der Waals surface area contributed by atoms with Crippen molar-refractivity contribution in [1.82, 2.24) is 10.2 Å². The topological polar surface area (TPSA) is 32.3 Å². The van der Waals surface area contributed by atoms with Crippen LogP contribution in [0.1, 0.15) is 37.7 Å². The highest BCUT2D eigenvalue weighted by Crippen LogP contribution is 2.39. The smallest absolute Gasteiger partial charge is 0.238 e. The lowest BCUT2D eigenvalue weighted by molar-refractivity contribution is -0.131. The van der Waals surface area contributed by atoms with Gasteiger partial charge in [-0.15, -0.1) is 11.3 Å². The van der Waals surface area contributed by atoms with E-state index >= 15 is 0 Å². The minimum atomic E-state index is 0.107. The predicted molar refractivity (Wildman–Crippen MR) is 73.3 cm³/mol. The van der Waals surface area contributed by atoms with Gasteiger partial charge in [-0.05, 0) is 36.1 Å². The van der Waals surface area contributed by atoms with Gasteiger partial charge in [-0.2, -0.15) is 0 Å². The van der Waals surface area contributed by atoms with Crippen LogP contribution in [0.3, 0.4) is 0 Å². The first-order valence-electron chi connectivity index (χ1n) is 6.76. The van der Waals surface area contributed by atoms with Gasteiger partial charge >= 0.3 is 0 Å². The molecule has 2 heterocycles. The van der Waals surface area contributed by atoms with Crippen LogP contribution in [0.2, 0.25) is 0 Å². The Bertz CT molecular complexity index is 431. The Labute approximate surface area is 112 Å². The molecule has 18 heavy (non-hydrogen) atoms. The van der Waals surface area contributed by atoms with E-state index in [1.54, 1.807) is 11.3 Å². The van der Waals surface area contributed by atoms with Crippen LogP contribution in [0.4, 0.5) is 0 Å². The highest BCUT2D eigenvalue weighted by Gasteiger charge is 2.43. The molecule has 1 N–H and O–H groups in total. The van der Waals surface area contributed by atoms with E-state index in [0.717, 1.165) is 12.3 Å². The normalized spacial score (nSPS) is 36.6. The second-order valence-corrected chi connectivity index (χ2v) is 6.56. The summed E-state index contributed by atoms with van der Waals surface area (Å²) in [5.41, 5.74) is 0. The Hall–Kier alpha value is -0.870. The lowest BCUT2D eigenvalue weighted by atomic mass is 9.96. The van der Waals surface area contributed by atoms with Gasteiger partial charge in [0.25, 0.3) is 0 Å². The molecule has 1 saturated carbocycles. The Kier molecular flexibility index (Phi) is 3.16. The molecule has 4 unspecified atom stereocenters. The number of nitrogens with one attached hydrogen (secondary N) is 1. The molecule has 1 saturated heterocycles. The van der Waals surface area contributed by atoms with E-state index in [9.17, 15) is 4.79 Å². The summed E-state index contributed by atoms with van der Waals surface area (Å²) in [6, 6.07) is 4.59. The fourth-order valence-corrected chi connectivity index (χ4v) is 4.11. The maximum absolute atomic E-state index is 12.2. The summed E-state index contributed by atoms with van der Waals surface area (Å²) in [6.07, 6.45) is 2.50. The molecule has 0 spiro atoms. The number of carbonyl (C=O) groups excluding carboxylic acids is 1. The van der Waals surface area contributed by atoms with Gasteiger partial charge in [0.2, 0.25) is 5.91 Å².